The molecule has 5 nitrogen and oxygen atoms in total. The summed E-state index contributed by atoms with van der Waals surface area (Å²) in [4.78, 5) is 18.3. The van der Waals surface area contributed by atoms with Crippen LogP contribution in [0.4, 0.5) is 4.79 Å². The Hall–Kier alpha value is -1.62. The van der Waals surface area contributed by atoms with E-state index in [0.717, 1.165) is 12.1 Å². The van der Waals surface area contributed by atoms with Crippen LogP contribution in [0, 0.1) is 0 Å². The van der Waals surface area contributed by atoms with Crippen molar-refractivity contribution in [2.24, 2.45) is 0 Å². The van der Waals surface area contributed by atoms with E-state index in [1.54, 1.807) is 12.4 Å². The van der Waals surface area contributed by atoms with Gasteiger partial charge in [0.25, 0.3) is 0 Å². The van der Waals surface area contributed by atoms with Crippen LogP contribution in [0.2, 0.25) is 0 Å². The number of carbonyl (C=O) groups excluding carboxylic acids is 1. The molecule has 0 aromatic carbocycles. The summed E-state index contributed by atoms with van der Waals surface area (Å²) in [6.45, 7) is 9.17. The molecule has 0 aliphatic carbocycles. The minimum Gasteiger partial charge on any atom is -0.444 e. The van der Waals surface area contributed by atoms with E-state index in [0.29, 0.717) is 6.54 Å². The Morgan fingerprint density at radius 3 is 2.65 bits per heavy atom. The standard InChI is InChI=1S/C15H23N3O2/c1-11-13(12-5-7-16-8-6-12)18(10-9-17-11)14(19)20-15(2,3)4/h5-8,11,13,17H,9-10H2,1-4H3. The topological polar surface area (TPSA) is 54.5 Å². The van der Waals surface area contributed by atoms with Gasteiger partial charge in [0.2, 0.25) is 0 Å². The smallest absolute Gasteiger partial charge is 0.410 e. The van der Waals surface area contributed by atoms with Crippen molar-refractivity contribution >= 4 is 6.09 Å². The van der Waals surface area contributed by atoms with Gasteiger partial charge >= 0.3 is 6.09 Å². The maximum Gasteiger partial charge on any atom is 0.410 e. The van der Waals surface area contributed by atoms with Crippen LogP contribution in [0.15, 0.2) is 24.5 Å². The molecule has 0 radical (unpaired) electrons. The highest BCUT2D eigenvalue weighted by atomic mass is 16.6. The Bertz CT molecular complexity index is 456. The van der Waals surface area contributed by atoms with Gasteiger partial charge in [0.05, 0.1) is 6.04 Å². The van der Waals surface area contributed by atoms with E-state index in [1.165, 1.54) is 0 Å². The van der Waals surface area contributed by atoms with Crippen LogP contribution in [-0.4, -0.2) is 40.7 Å². The lowest BCUT2D eigenvalue weighted by atomic mass is 9.98. The summed E-state index contributed by atoms with van der Waals surface area (Å²) in [6.07, 6.45) is 3.25. The van der Waals surface area contributed by atoms with Gasteiger partial charge in [-0.1, -0.05) is 0 Å². The van der Waals surface area contributed by atoms with E-state index in [9.17, 15) is 4.79 Å². The van der Waals surface area contributed by atoms with E-state index in [-0.39, 0.29) is 18.2 Å². The molecule has 2 unspecified atom stereocenters. The van der Waals surface area contributed by atoms with Crippen LogP contribution in [0.3, 0.4) is 0 Å². The van der Waals surface area contributed by atoms with Crippen molar-refractivity contribution < 1.29 is 9.53 Å². The fourth-order valence-corrected chi connectivity index (χ4v) is 2.49. The van der Waals surface area contributed by atoms with Gasteiger partial charge in [0, 0.05) is 31.5 Å². The molecule has 2 atom stereocenters. The molecule has 1 saturated heterocycles. The Kier molecular flexibility index (Phi) is 4.28. The van der Waals surface area contributed by atoms with Crippen molar-refractivity contribution in [3.8, 4) is 0 Å². The number of rotatable bonds is 1. The normalized spacial score (nSPS) is 23.5. The zero-order chi connectivity index (χ0) is 14.8. The first-order valence-corrected chi connectivity index (χ1v) is 7.01. The van der Waals surface area contributed by atoms with Gasteiger partial charge in [-0.25, -0.2) is 4.79 Å². The Morgan fingerprint density at radius 2 is 2.05 bits per heavy atom. The third-order valence-electron chi connectivity index (χ3n) is 3.30. The second kappa shape index (κ2) is 5.79. The summed E-state index contributed by atoms with van der Waals surface area (Å²) in [5.41, 5.74) is 0.596. The number of pyridine rings is 1. The molecule has 1 aromatic heterocycles. The first-order valence-electron chi connectivity index (χ1n) is 7.01. The summed E-state index contributed by atoms with van der Waals surface area (Å²) < 4.78 is 5.52. The number of ether oxygens (including phenoxy) is 1. The molecule has 0 spiro atoms. The minimum absolute atomic E-state index is 0.0263. The average molecular weight is 277 g/mol. The first-order chi connectivity index (χ1) is 9.38. The lowest BCUT2D eigenvalue weighted by Crippen LogP contribution is -2.54. The minimum atomic E-state index is -0.478. The molecule has 1 N–H and O–H groups in total. The number of nitrogens with zero attached hydrogens (tertiary/aromatic N) is 2. The van der Waals surface area contributed by atoms with Crippen LogP contribution in [0.5, 0.6) is 0 Å². The molecule has 0 bridgehead atoms. The predicted octanol–water partition coefficient (Wildman–Crippen LogP) is 2.35. The Balaban J connectivity index is 2.23. The fraction of sp³-hybridized carbons (Fsp3) is 0.600. The van der Waals surface area contributed by atoms with Gasteiger partial charge in [-0.05, 0) is 45.4 Å². The molecule has 1 aliphatic heterocycles. The van der Waals surface area contributed by atoms with E-state index < -0.39 is 5.60 Å². The third-order valence-corrected chi connectivity index (χ3v) is 3.30. The second-order valence-electron chi connectivity index (χ2n) is 6.14. The van der Waals surface area contributed by atoms with Crippen LogP contribution in [0.25, 0.3) is 0 Å². The molecule has 1 fully saturated rings. The number of amides is 1. The monoisotopic (exact) mass is 277 g/mol. The van der Waals surface area contributed by atoms with Gasteiger partial charge < -0.3 is 10.1 Å². The van der Waals surface area contributed by atoms with Crippen molar-refractivity contribution in [1.82, 2.24) is 15.2 Å². The zero-order valence-electron chi connectivity index (χ0n) is 12.6. The van der Waals surface area contributed by atoms with E-state index in [2.05, 4.69) is 17.2 Å². The summed E-state index contributed by atoms with van der Waals surface area (Å²) in [5.74, 6) is 0. The largest absolute Gasteiger partial charge is 0.444 e. The number of hydrogen-bond acceptors (Lipinski definition) is 4. The maximum atomic E-state index is 12.4. The lowest BCUT2D eigenvalue weighted by molar-refractivity contribution is 0.00633. The quantitative estimate of drug-likeness (QED) is 0.856. The number of nitrogens with one attached hydrogen (secondary N) is 1. The van der Waals surface area contributed by atoms with Gasteiger partial charge in [0.15, 0.2) is 0 Å². The average Bonchev–Trinajstić information content (AvgIpc) is 2.37. The SMILES string of the molecule is CC1NCCN(C(=O)OC(C)(C)C)C1c1ccncc1. The van der Waals surface area contributed by atoms with Crippen molar-refractivity contribution in [1.29, 1.82) is 0 Å². The third kappa shape index (κ3) is 3.48. The highest BCUT2D eigenvalue weighted by Crippen LogP contribution is 2.28. The van der Waals surface area contributed by atoms with Crippen LogP contribution in [-0.2, 0) is 4.74 Å². The molecule has 2 rings (SSSR count). The van der Waals surface area contributed by atoms with Crippen LogP contribution < -0.4 is 5.32 Å². The number of carbonyl (C=O) groups is 1. The lowest BCUT2D eigenvalue weighted by Gasteiger charge is -2.41. The molecule has 20 heavy (non-hydrogen) atoms. The molecule has 0 saturated carbocycles. The van der Waals surface area contributed by atoms with E-state index >= 15 is 0 Å². The molecule has 1 amide bonds. The van der Waals surface area contributed by atoms with Crippen LogP contribution >= 0.6 is 0 Å². The Morgan fingerprint density at radius 1 is 1.40 bits per heavy atom. The fourth-order valence-electron chi connectivity index (χ4n) is 2.49. The highest BCUT2D eigenvalue weighted by molar-refractivity contribution is 5.69. The van der Waals surface area contributed by atoms with Crippen molar-refractivity contribution in [2.75, 3.05) is 13.1 Å². The summed E-state index contributed by atoms with van der Waals surface area (Å²) >= 11 is 0. The molecule has 2 heterocycles. The second-order valence-corrected chi connectivity index (χ2v) is 6.14. The van der Waals surface area contributed by atoms with Gasteiger partial charge in [0.1, 0.15) is 5.60 Å². The number of piperazine rings is 1. The molecular formula is C15H23N3O2. The van der Waals surface area contributed by atoms with Gasteiger partial charge in [-0.2, -0.15) is 0 Å². The zero-order valence-corrected chi connectivity index (χ0v) is 12.6. The van der Waals surface area contributed by atoms with Crippen molar-refractivity contribution in [3.63, 3.8) is 0 Å². The van der Waals surface area contributed by atoms with Gasteiger partial charge in [-0.3, -0.25) is 9.88 Å². The van der Waals surface area contributed by atoms with Gasteiger partial charge in [-0.15, -0.1) is 0 Å². The summed E-state index contributed by atoms with van der Waals surface area (Å²) in [6, 6.07) is 4.05. The molecular weight excluding hydrogens is 254 g/mol. The van der Waals surface area contributed by atoms with E-state index in [4.69, 9.17) is 4.74 Å². The Labute approximate surface area is 120 Å². The van der Waals surface area contributed by atoms with Crippen molar-refractivity contribution in [2.45, 2.75) is 45.4 Å². The summed E-state index contributed by atoms with van der Waals surface area (Å²) in [7, 11) is 0. The highest BCUT2D eigenvalue weighted by Gasteiger charge is 2.35. The molecule has 1 aromatic rings. The van der Waals surface area contributed by atoms with Crippen LogP contribution in [0.1, 0.15) is 39.3 Å². The predicted molar refractivity (Wildman–Crippen MR) is 77.4 cm³/mol. The summed E-state index contributed by atoms with van der Waals surface area (Å²) in [5, 5.41) is 3.41. The number of aromatic nitrogens is 1. The molecule has 1 aliphatic rings. The molecule has 5 heteroatoms. The van der Waals surface area contributed by atoms with Crippen molar-refractivity contribution in [3.05, 3.63) is 30.1 Å². The number of hydrogen-bond donors (Lipinski definition) is 1. The molecule has 110 valence electrons. The van der Waals surface area contributed by atoms with E-state index in [1.807, 2.05) is 37.8 Å². The first kappa shape index (κ1) is 14.8. The maximum absolute atomic E-state index is 12.4.